The Morgan fingerprint density at radius 2 is 1.86 bits per heavy atom. The second kappa shape index (κ2) is 9.01. The predicted octanol–water partition coefficient (Wildman–Crippen LogP) is 8.01. The van der Waals surface area contributed by atoms with E-state index in [0.29, 0.717) is 11.6 Å². The van der Waals surface area contributed by atoms with Gasteiger partial charge >= 0.3 is 0 Å². The van der Waals surface area contributed by atoms with Crippen LogP contribution in [0, 0.1) is 5.92 Å². The van der Waals surface area contributed by atoms with Gasteiger partial charge in [0.1, 0.15) is 0 Å². The van der Waals surface area contributed by atoms with Crippen molar-refractivity contribution in [2.75, 3.05) is 5.32 Å². The number of nitrogens with zero attached hydrogens (tertiary/aromatic N) is 3. The maximum absolute atomic E-state index is 4.65. The van der Waals surface area contributed by atoms with Crippen molar-refractivity contribution in [3.8, 4) is 33.6 Å². The molecule has 0 saturated heterocycles. The van der Waals surface area contributed by atoms with Crippen LogP contribution in [0.2, 0.25) is 0 Å². The first-order valence-corrected chi connectivity index (χ1v) is 13.6. The molecule has 6 nitrogen and oxygen atoms in total. The highest BCUT2D eigenvalue weighted by Gasteiger charge is 2.19. The van der Waals surface area contributed by atoms with Gasteiger partial charge in [-0.05, 0) is 71.0 Å². The van der Waals surface area contributed by atoms with Crippen molar-refractivity contribution in [2.24, 2.45) is 5.92 Å². The predicted molar refractivity (Wildman–Crippen MR) is 152 cm³/mol. The molecule has 7 rings (SSSR count). The Bertz CT molecular complexity index is 1740. The van der Waals surface area contributed by atoms with E-state index in [0.717, 1.165) is 44.8 Å². The third kappa shape index (κ3) is 4.01. The van der Waals surface area contributed by atoms with Crippen LogP contribution in [0.5, 0.6) is 0 Å². The number of aromatic nitrogens is 5. The molecule has 5 heterocycles. The number of nitrogens with one attached hydrogen (secondary N) is 3. The highest BCUT2D eigenvalue weighted by Crippen LogP contribution is 2.36. The number of aromatic amines is 2. The molecular weight excluding hydrogens is 476 g/mol. The lowest BCUT2D eigenvalue weighted by molar-refractivity contribution is 0.649. The largest absolute Gasteiger partial charge is 0.358 e. The Morgan fingerprint density at radius 3 is 2.73 bits per heavy atom. The molecule has 182 valence electrons. The summed E-state index contributed by atoms with van der Waals surface area (Å²) in [7, 11) is 0. The van der Waals surface area contributed by atoms with E-state index in [9.17, 15) is 0 Å². The Morgan fingerprint density at radius 1 is 0.973 bits per heavy atom. The molecule has 1 saturated carbocycles. The van der Waals surface area contributed by atoms with Crippen molar-refractivity contribution in [3.05, 3.63) is 84.1 Å². The van der Waals surface area contributed by atoms with Crippen LogP contribution in [0.3, 0.4) is 0 Å². The van der Waals surface area contributed by atoms with E-state index in [4.69, 9.17) is 0 Å². The first kappa shape index (κ1) is 22.0. The lowest BCUT2D eigenvalue weighted by atomic mass is 10.0. The number of rotatable bonds is 6. The van der Waals surface area contributed by atoms with Crippen LogP contribution < -0.4 is 5.32 Å². The molecule has 0 amide bonds. The Balaban J connectivity index is 1.25. The molecule has 5 aromatic heterocycles. The summed E-state index contributed by atoms with van der Waals surface area (Å²) in [6.07, 6.45) is 10.6. The standard InChI is InChI=1S/C30H26N6S/c1-18(19-5-2-3-6-19)33-23-11-21(14-31-16-23)22-12-26-29(35-36-30(26)32-15-22)28-13-25-24(20-9-10-37-17-20)7-4-8-27(25)34-28/h4,7-17,19,33-34H,1-3,5-6H2,(H,32,35,36). The first-order valence-electron chi connectivity index (χ1n) is 12.6. The van der Waals surface area contributed by atoms with Crippen LogP contribution in [0.15, 0.2) is 84.1 Å². The van der Waals surface area contributed by atoms with Crippen LogP contribution in [0.25, 0.3) is 55.6 Å². The molecule has 37 heavy (non-hydrogen) atoms. The van der Waals surface area contributed by atoms with Gasteiger partial charge in [-0.1, -0.05) is 31.6 Å². The van der Waals surface area contributed by atoms with E-state index >= 15 is 0 Å². The molecular formula is C30H26N6S. The van der Waals surface area contributed by atoms with Crippen LogP contribution in [-0.2, 0) is 0 Å². The molecule has 1 aliphatic carbocycles. The fourth-order valence-corrected chi connectivity index (χ4v) is 6.11. The summed E-state index contributed by atoms with van der Waals surface area (Å²) in [5.74, 6) is 0.548. The third-order valence-corrected chi connectivity index (χ3v) is 8.08. The van der Waals surface area contributed by atoms with Gasteiger partial charge in [0.25, 0.3) is 0 Å². The summed E-state index contributed by atoms with van der Waals surface area (Å²) >= 11 is 1.71. The SMILES string of the molecule is C=C(Nc1cncc(-c2cnc3n[nH]c(-c4cc5c(-c6ccsc6)cccc5[nH]4)c3c2)c1)C1CCCC1. The van der Waals surface area contributed by atoms with Gasteiger partial charge < -0.3 is 10.3 Å². The highest BCUT2D eigenvalue weighted by atomic mass is 32.1. The maximum Gasteiger partial charge on any atom is 0.181 e. The van der Waals surface area contributed by atoms with Gasteiger partial charge in [0.15, 0.2) is 5.65 Å². The van der Waals surface area contributed by atoms with E-state index in [-0.39, 0.29) is 0 Å². The Labute approximate surface area is 218 Å². The second-order valence-corrected chi connectivity index (χ2v) is 10.5. The van der Waals surface area contributed by atoms with Crippen molar-refractivity contribution in [3.63, 3.8) is 0 Å². The lowest BCUT2D eigenvalue weighted by Crippen LogP contribution is -2.07. The molecule has 0 atom stereocenters. The zero-order chi connectivity index (χ0) is 24.8. The zero-order valence-electron chi connectivity index (χ0n) is 20.3. The summed E-state index contributed by atoms with van der Waals surface area (Å²) in [6, 6.07) is 15.0. The van der Waals surface area contributed by atoms with Crippen molar-refractivity contribution >= 4 is 39.0 Å². The summed E-state index contributed by atoms with van der Waals surface area (Å²) in [5, 5.41) is 17.6. The van der Waals surface area contributed by atoms with Crippen molar-refractivity contribution in [1.82, 2.24) is 25.1 Å². The monoisotopic (exact) mass is 502 g/mol. The zero-order valence-corrected chi connectivity index (χ0v) is 21.1. The minimum atomic E-state index is 0.548. The molecule has 6 aromatic rings. The Hall–Kier alpha value is -4.23. The van der Waals surface area contributed by atoms with Crippen LogP contribution in [-0.4, -0.2) is 25.1 Å². The fraction of sp³-hybridized carbons (Fsp3) is 0.167. The normalized spacial score (nSPS) is 14.1. The molecule has 0 bridgehead atoms. The lowest BCUT2D eigenvalue weighted by Gasteiger charge is -2.15. The first-order chi connectivity index (χ1) is 18.2. The van der Waals surface area contributed by atoms with Crippen molar-refractivity contribution < 1.29 is 0 Å². The minimum absolute atomic E-state index is 0.548. The summed E-state index contributed by atoms with van der Waals surface area (Å²) in [4.78, 5) is 12.7. The van der Waals surface area contributed by atoms with Gasteiger partial charge in [0.05, 0.1) is 23.3 Å². The summed E-state index contributed by atoms with van der Waals surface area (Å²) < 4.78 is 0. The minimum Gasteiger partial charge on any atom is -0.358 e. The summed E-state index contributed by atoms with van der Waals surface area (Å²) in [6.45, 7) is 4.29. The van der Waals surface area contributed by atoms with E-state index in [2.05, 4.69) is 90.3 Å². The van der Waals surface area contributed by atoms with Crippen LogP contribution in [0.4, 0.5) is 5.69 Å². The Kier molecular flexibility index (Phi) is 5.36. The van der Waals surface area contributed by atoms with Gasteiger partial charge in [-0.3, -0.25) is 10.1 Å². The number of pyridine rings is 2. The van der Waals surface area contributed by atoms with Gasteiger partial charge in [0, 0.05) is 45.5 Å². The van der Waals surface area contributed by atoms with E-state index in [1.165, 1.54) is 42.2 Å². The number of thiophene rings is 1. The molecule has 3 N–H and O–H groups in total. The fourth-order valence-electron chi connectivity index (χ4n) is 5.45. The topological polar surface area (TPSA) is 82.3 Å². The van der Waals surface area contributed by atoms with E-state index in [1.807, 2.05) is 18.6 Å². The van der Waals surface area contributed by atoms with Gasteiger partial charge in [0.2, 0.25) is 0 Å². The third-order valence-electron chi connectivity index (χ3n) is 7.40. The molecule has 0 spiro atoms. The van der Waals surface area contributed by atoms with Gasteiger partial charge in [-0.15, -0.1) is 0 Å². The quantitative estimate of drug-likeness (QED) is 0.215. The average molecular weight is 503 g/mol. The second-order valence-electron chi connectivity index (χ2n) is 9.75. The van der Waals surface area contributed by atoms with Gasteiger partial charge in [-0.2, -0.15) is 16.4 Å². The van der Waals surface area contributed by atoms with E-state index < -0.39 is 0 Å². The number of anilines is 1. The molecule has 1 aliphatic rings. The molecule has 0 aliphatic heterocycles. The van der Waals surface area contributed by atoms with Crippen LogP contribution >= 0.6 is 11.3 Å². The summed E-state index contributed by atoms with van der Waals surface area (Å²) in [5.41, 5.74) is 10.2. The molecule has 1 aromatic carbocycles. The molecule has 0 radical (unpaired) electrons. The number of hydrogen-bond donors (Lipinski definition) is 3. The van der Waals surface area contributed by atoms with Crippen molar-refractivity contribution in [2.45, 2.75) is 25.7 Å². The number of hydrogen-bond acceptors (Lipinski definition) is 5. The number of fused-ring (bicyclic) bond motifs is 2. The van der Waals surface area contributed by atoms with E-state index in [1.54, 1.807) is 11.3 Å². The average Bonchev–Trinajstić information content (AvgIpc) is 3.74. The van der Waals surface area contributed by atoms with Gasteiger partial charge in [-0.25, -0.2) is 4.98 Å². The maximum atomic E-state index is 4.65. The van der Waals surface area contributed by atoms with Crippen molar-refractivity contribution in [1.29, 1.82) is 0 Å². The number of benzene rings is 1. The molecule has 7 heteroatoms. The highest BCUT2D eigenvalue weighted by molar-refractivity contribution is 7.08. The molecule has 0 unspecified atom stereocenters. The number of H-pyrrole nitrogens is 2. The molecule has 1 fully saturated rings. The number of allylic oxidation sites excluding steroid dienone is 1. The smallest absolute Gasteiger partial charge is 0.181 e. The van der Waals surface area contributed by atoms with Crippen LogP contribution in [0.1, 0.15) is 25.7 Å².